The van der Waals surface area contributed by atoms with Gasteiger partial charge in [0.2, 0.25) is 0 Å². The number of benzene rings is 3. The van der Waals surface area contributed by atoms with Crippen LogP contribution in [0.4, 0.5) is 14.5 Å². The lowest BCUT2D eigenvalue weighted by Crippen LogP contribution is -2.30. The number of nitro benzene ring substituents is 1. The quantitative estimate of drug-likeness (QED) is 0.476. The highest BCUT2D eigenvalue weighted by Crippen LogP contribution is 2.25. The van der Waals surface area contributed by atoms with Crippen molar-refractivity contribution in [2.45, 2.75) is 19.4 Å². The molecular weight excluding hydrogens is 378 g/mol. The number of nitrogens with one attached hydrogen (secondary N) is 1. The van der Waals surface area contributed by atoms with Crippen molar-refractivity contribution in [1.29, 1.82) is 0 Å². The average molecular weight is 396 g/mol. The van der Waals surface area contributed by atoms with E-state index in [0.29, 0.717) is 16.7 Å². The summed E-state index contributed by atoms with van der Waals surface area (Å²) in [6.45, 7) is 1.55. The van der Waals surface area contributed by atoms with Gasteiger partial charge in [0.25, 0.3) is 11.6 Å². The summed E-state index contributed by atoms with van der Waals surface area (Å²) in [4.78, 5) is 23.7. The number of carbonyl (C=O) groups excluding carboxylic acids is 1. The molecule has 29 heavy (non-hydrogen) atoms. The van der Waals surface area contributed by atoms with Gasteiger partial charge in [0.15, 0.2) is 0 Å². The van der Waals surface area contributed by atoms with Crippen molar-refractivity contribution in [3.05, 3.63) is 111 Å². The van der Waals surface area contributed by atoms with Crippen LogP contribution in [-0.2, 0) is 6.42 Å². The summed E-state index contributed by atoms with van der Waals surface area (Å²) in [6, 6.07) is 15.3. The van der Waals surface area contributed by atoms with Gasteiger partial charge in [0.05, 0.1) is 11.0 Å². The lowest BCUT2D eigenvalue weighted by Gasteiger charge is -2.20. The van der Waals surface area contributed by atoms with Gasteiger partial charge in [-0.2, -0.15) is 0 Å². The molecule has 148 valence electrons. The van der Waals surface area contributed by atoms with Crippen molar-refractivity contribution >= 4 is 11.6 Å². The predicted octanol–water partition coefficient (Wildman–Crippen LogP) is 4.90. The number of rotatable bonds is 6. The van der Waals surface area contributed by atoms with E-state index >= 15 is 0 Å². The summed E-state index contributed by atoms with van der Waals surface area (Å²) in [7, 11) is 0. The Morgan fingerprint density at radius 3 is 2.34 bits per heavy atom. The largest absolute Gasteiger partial charge is 0.345 e. The fraction of sp³-hybridized carbons (Fsp3) is 0.136. The smallest absolute Gasteiger partial charge is 0.285 e. The molecule has 0 radical (unpaired) electrons. The third-order valence-corrected chi connectivity index (χ3v) is 4.55. The predicted molar refractivity (Wildman–Crippen MR) is 105 cm³/mol. The normalized spacial score (nSPS) is 11.7. The Labute approximate surface area is 166 Å². The highest BCUT2D eigenvalue weighted by Gasteiger charge is 2.25. The summed E-state index contributed by atoms with van der Waals surface area (Å²) in [5.41, 5.74) is 1.05. The molecule has 5 nitrogen and oxygen atoms in total. The lowest BCUT2D eigenvalue weighted by molar-refractivity contribution is -0.385. The number of hydrogen-bond donors (Lipinski definition) is 1. The third-order valence-electron chi connectivity index (χ3n) is 4.55. The molecule has 0 saturated heterocycles. The zero-order valence-corrected chi connectivity index (χ0v) is 15.6. The maximum Gasteiger partial charge on any atom is 0.285 e. The topological polar surface area (TPSA) is 72.2 Å². The first kappa shape index (κ1) is 20.1. The summed E-state index contributed by atoms with van der Waals surface area (Å²) >= 11 is 0. The second-order valence-electron chi connectivity index (χ2n) is 6.64. The molecule has 0 aliphatic rings. The number of amides is 1. The number of carbonyl (C=O) groups is 1. The minimum atomic E-state index is -0.708. The molecule has 1 N–H and O–H groups in total. The Hall–Kier alpha value is -3.61. The van der Waals surface area contributed by atoms with Crippen molar-refractivity contribution < 1.29 is 18.5 Å². The lowest BCUT2D eigenvalue weighted by atomic mass is 9.97. The number of para-hydroxylation sites is 1. The minimum Gasteiger partial charge on any atom is -0.345 e. The van der Waals surface area contributed by atoms with E-state index in [2.05, 4.69) is 5.32 Å². The molecule has 0 bridgehead atoms. The second kappa shape index (κ2) is 8.60. The van der Waals surface area contributed by atoms with Crippen LogP contribution in [0, 0.1) is 28.7 Å². The molecule has 1 amide bonds. The number of hydrogen-bond acceptors (Lipinski definition) is 3. The highest BCUT2D eigenvalue weighted by molar-refractivity contribution is 5.98. The van der Waals surface area contributed by atoms with E-state index in [1.165, 1.54) is 36.4 Å². The van der Waals surface area contributed by atoms with Gasteiger partial charge in [0.1, 0.15) is 17.2 Å². The van der Waals surface area contributed by atoms with Crippen LogP contribution in [0.25, 0.3) is 0 Å². The summed E-state index contributed by atoms with van der Waals surface area (Å²) in [5.74, 6) is -1.57. The molecule has 0 heterocycles. The van der Waals surface area contributed by atoms with Crippen molar-refractivity contribution in [1.82, 2.24) is 5.32 Å². The molecule has 3 rings (SSSR count). The van der Waals surface area contributed by atoms with Crippen LogP contribution < -0.4 is 5.32 Å². The van der Waals surface area contributed by atoms with Crippen LogP contribution in [0.2, 0.25) is 0 Å². The Morgan fingerprint density at radius 2 is 1.69 bits per heavy atom. The van der Waals surface area contributed by atoms with Crippen LogP contribution >= 0.6 is 0 Å². The van der Waals surface area contributed by atoms with E-state index in [4.69, 9.17) is 0 Å². The maximum atomic E-state index is 13.8. The second-order valence-corrected chi connectivity index (χ2v) is 6.64. The van der Waals surface area contributed by atoms with Gasteiger partial charge in [-0.25, -0.2) is 8.78 Å². The molecule has 1 unspecified atom stereocenters. The van der Waals surface area contributed by atoms with Gasteiger partial charge in [0, 0.05) is 5.56 Å². The zero-order valence-electron chi connectivity index (χ0n) is 15.6. The van der Waals surface area contributed by atoms with Gasteiger partial charge in [-0.3, -0.25) is 14.9 Å². The molecule has 1 atom stereocenters. The molecule has 7 heteroatoms. The van der Waals surface area contributed by atoms with E-state index in [9.17, 15) is 23.7 Å². The molecule has 3 aromatic carbocycles. The average Bonchev–Trinajstić information content (AvgIpc) is 2.67. The fourth-order valence-corrected chi connectivity index (χ4v) is 3.20. The van der Waals surface area contributed by atoms with Gasteiger partial charge in [-0.1, -0.05) is 36.4 Å². The molecule has 0 saturated carbocycles. The Balaban J connectivity index is 1.96. The van der Waals surface area contributed by atoms with Crippen LogP contribution in [0.15, 0.2) is 66.7 Å². The minimum absolute atomic E-state index is 0.0874. The fourth-order valence-electron chi connectivity index (χ4n) is 3.20. The van der Waals surface area contributed by atoms with Crippen molar-refractivity contribution in [2.75, 3.05) is 0 Å². The third kappa shape index (κ3) is 4.82. The van der Waals surface area contributed by atoms with Crippen LogP contribution in [-0.4, -0.2) is 10.8 Å². The van der Waals surface area contributed by atoms with E-state index < -0.39 is 28.5 Å². The number of halogens is 2. The summed E-state index contributed by atoms with van der Waals surface area (Å²) in [6.07, 6.45) is 0.187. The first-order valence-electron chi connectivity index (χ1n) is 8.90. The van der Waals surface area contributed by atoms with Crippen molar-refractivity contribution in [3.8, 4) is 0 Å². The first-order chi connectivity index (χ1) is 13.8. The molecule has 0 aliphatic carbocycles. The van der Waals surface area contributed by atoms with Crippen molar-refractivity contribution in [2.24, 2.45) is 0 Å². The standard InChI is InChI=1S/C22H18F2N2O3/c1-14-5-2-10-19(21(14)26(28)29)22(27)25-20(16-7-4-9-18(24)13-16)12-15-6-3-8-17(23)11-15/h2-11,13,20H,12H2,1H3,(H,25,27). The monoisotopic (exact) mass is 396 g/mol. The molecule has 0 aromatic heterocycles. The van der Waals surface area contributed by atoms with Crippen molar-refractivity contribution in [3.63, 3.8) is 0 Å². The van der Waals surface area contributed by atoms with Gasteiger partial charge in [-0.15, -0.1) is 0 Å². The molecule has 3 aromatic rings. The molecular formula is C22H18F2N2O3. The summed E-state index contributed by atoms with van der Waals surface area (Å²) < 4.78 is 27.3. The Bertz CT molecular complexity index is 1070. The zero-order chi connectivity index (χ0) is 21.0. The number of nitrogens with zero attached hydrogens (tertiary/aromatic N) is 1. The van der Waals surface area contributed by atoms with Crippen LogP contribution in [0.5, 0.6) is 0 Å². The number of nitro groups is 1. The van der Waals surface area contributed by atoms with E-state index in [1.54, 1.807) is 37.3 Å². The number of aryl methyl sites for hydroxylation is 1. The van der Waals surface area contributed by atoms with Gasteiger partial charge in [-0.05, 0) is 54.8 Å². The van der Waals surface area contributed by atoms with E-state index in [-0.39, 0.29) is 17.7 Å². The van der Waals surface area contributed by atoms with E-state index in [0.717, 1.165) is 0 Å². The Kier molecular flexibility index (Phi) is 5.97. The maximum absolute atomic E-state index is 13.8. The Morgan fingerprint density at radius 1 is 1.03 bits per heavy atom. The van der Waals surface area contributed by atoms with Gasteiger partial charge < -0.3 is 5.32 Å². The SMILES string of the molecule is Cc1cccc(C(=O)NC(Cc2cccc(F)c2)c2cccc(F)c2)c1[N+](=O)[O-]. The highest BCUT2D eigenvalue weighted by atomic mass is 19.1. The molecule has 0 aliphatic heterocycles. The first-order valence-corrected chi connectivity index (χ1v) is 8.90. The molecule has 0 fully saturated rings. The molecule has 0 spiro atoms. The van der Waals surface area contributed by atoms with E-state index in [1.807, 2.05) is 0 Å². The van der Waals surface area contributed by atoms with Gasteiger partial charge >= 0.3 is 0 Å². The summed E-state index contributed by atoms with van der Waals surface area (Å²) in [5, 5.41) is 14.1. The van der Waals surface area contributed by atoms with Crippen LogP contribution in [0.1, 0.15) is 33.1 Å². The van der Waals surface area contributed by atoms with Crippen LogP contribution in [0.3, 0.4) is 0 Å².